The first-order valence-corrected chi connectivity index (χ1v) is 8.83. The summed E-state index contributed by atoms with van der Waals surface area (Å²) in [6.07, 6.45) is 5.28. The summed E-state index contributed by atoms with van der Waals surface area (Å²) in [5.74, 6) is 1.35. The van der Waals surface area contributed by atoms with E-state index in [1.807, 2.05) is 19.1 Å². The highest BCUT2D eigenvalue weighted by Gasteiger charge is 2.39. The molecule has 0 radical (unpaired) electrons. The molecule has 1 aromatic rings. The summed E-state index contributed by atoms with van der Waals surface area (Å²) in [7, 11) is 0. The molecule has 2 N–H and O–H groups in total. The summed E-state index contributed by atoms with van der Waals surface area (Å²) in [5.41, 5.74) is 2.45. The molecule has 124 valence electrons. The van der Waals surface area contributed by atoms with Gasteiger partial charge in [-0.1, -0.05) is 12.5 Å². The van der Waals surface area contributed by atoms with Gasteiger partial charge in [0.25, 0.3) is 0 Å². The average molecular weight is 332 g/mol. The van der Waals surface area contributed by atoms with Crippen LogP contribution in [0.5, 0.6) is 0 Å². The molecule has 0 heterocycles. The zero-order chi connectivity index (χ0) is 16.4. The van der Waals surface area contributed by atoms with E-state index in [1.54, 1.807) is 13.0 Å². The van der Waals surface area contributed by atoms with Crippen molar-refractivity contribution in [2.45, 2.75) is 45.6 Å². The molecule has 3 rings (SSSR count). The quantitative estimate of drug-likeness (QED) is 0.651. The zero-order valence-electron chi connectivity index (χ0n) is 13.7. The maximum absolute atomic E-state index is 11.9. The van der Waals surface area contributed by atoms with Crippen LogP contribution in [0, 0.1) is 18.8 Å². The van der Waals surface area contributed by atoms with Crippen LogP contribution in [0.2, 0.25) is 0 Å². The molecule has 0 unspecified atom stereocenters. The van der Waals surface area contributed by atoms with E-state index in [4.69, 9.17) is 17.0 Å². The van der Waals surface area contributed by atoms with E-state index in [-0.39, 0.29) is 5.97 Å². The number of esters is 1. The Morgan fingerprint density at radius 1 is 1.35 bits per heavy atom. The van der Waals surface area contributed by atoms with Gasteiger partial charge in [-0.2, -0.15) is 0 Å². The minimum absolute atomic E-state index is 0.303. The molecule has 2 saturated carbocycles. The first kappa shape index (κ1) is 16.2. The Hall–Kier alpha value is -1.62. The van der Waals surface area contributed by atoms with Crippen molar-refractivity contribution in [2.75, 3.05) is 11.9 Å². The second-order valence-electron chi connectivity index (χ2n) is 6.63. The number of hydrogen-bond donors (Lipinski definition) is 2. The second kappa shape index (κ2) is 6.87. The maximum atomic E-state index is 11.9. The smallest absolute Gasteiger partial charge is 0.338 e. The Kier molecular flexibility index (Phi) is 4.85. The number of carbonyl (C=O) groups is 1. The SMILES string of the molecule is CCOC(=O)c1ccc(C)c(NC(=S)N[C@H]2C[C@H]3CC[C@H]2C3)c1. The van der Waals surface area contributed by atoms with Crippen LogP contribution in [-0.2, 0) is 4.74 Å². The number of anilines is 1. The normalized spacial score (nSPS) is 25.2. The molecule has 0 saturated heterocycles. The lowest BCUT2D eigenvalue weighted by Crippen LogP contribution is -2.40. The molecule has 23 heavy (non-hydrogen) atoms. The minimum Gasteiger partial charge on any atom is -0.462 e. The van der Waals surface area contributed by atoms with Gasteiger partial charge in [-0.05, 0) is 74.9 Å². The first-order chi connectivity index (χ1) is 11.1. The van der Waals surface area contributed by atoms with Crippen LogP contribution in [0.4, 0.5) is 5.69 Å². The van der Waals surface area contributed by atoms with Gasteiger partial charge >= 0.3 is 5.97 Å². The fourth-order valence-electron chi connectivity index (χ4n) is 3.85. The Bertz CT molecular complexity index is 617. The van der Waals surface area contributed by atoms with E-state index in [9.17, 15) is 4.79 Å². The monoisotopic (exact) mass is 332 g/mol. The Morgan fingerprint density at radius 3 is 2.83 bits per heavy atom. The van der Waals surface area contributed by atoms with Crippen molar-refractivity contribution >= 4 is 29.0 Å². The molecule has 2 fully saturated rings. The van der Waals surface area contributed by atoms with Crippen LogP contribution in [0.15, 0.2) is 18.2 Å². The van der Waals surface area contributed by atoms with Crippen LogP contribution in [0.3, 0.4) is 0 Å². The lowest BCUT2D eigenvalue weighted by atomic mass is 9.95. The van der Waals surface area contributed by atoms with Gasteiger partial charge in [-0.15, -0.1) is 0 Å². The predicted molar refractivity (Wildman–Crippen MR) is 95.7 cm³/mol. The van der Waals surface area contributed by atoms with E-state index in [0.717, 1.165) is 23.1 Å². The van der Waals surface area contributed by atoms with Crippen molar-refractivity contribution in [1.82, 2.24) is 5.32 Å². The minimum atomic E-state index is -0.303. The summed E-state index contributed by atoms with van der Waals surface area (Å²) in [4.78, 5) is 11.9. The van der Waals surface area contributed by atoms with Gasteiger partial charge in [-0.3, -0.25) is 0 Å². The number of ether oxygens (including phenoxy) is 1. The Balaban J connectivity index is 1.63. The van der Waals surface area contributed by atoms with Gasteiger partial charge in [-0.25, -0.2) is 4.79 Å². The van der Waals surface area contributed by atoms with Gasteiger partial charge in [0.15, 0.2) is 5.11 Å². The molecule has 2 bridgehead atoms. The number of aryl methyl sites for hydroxylation is 1. The zero-order valence-corrected chi connectivity index (χ0v) is 14.5. The first-order valence-electron chi connectivity index (χ1n) is 8.42. The molecule has 2 aliphatic rings. The topological polar surface area (TPSA) is 50.4 Å². The highest BCUT2D eigenvalue weighted by Crippen LogP contribution is 2.44. The van der Waals surface area contributed by atoms with Crippen molar-refractivity contribution in [3.8, 4) is 0 Å². The van der Waals surface area contributed by atoms with Gasteiger partial charge < -0.3 is 15.4 Å². The fraction of sp³-hybridized carbons (Fsp3) is 0.556. The third kappa shape index (κ3) is 3.66. The van der Waals surface area contributed by atoms with Crippen LogP contribution >= 0.6 is 12.2 Å². The number of fused-ring (bicyclic) bond motifs is 2. The van der Waals surface area contributed by atoms with Crippen molar-refractivity contribution in [3.05, 3.63) is 29.3 Å². The summed E-state index contributed by atoms with van der Waals surface area (Å²) < 4.78 is 5.05. The highest BCUT2D eigenvalue weighted by molar-refractivity contribution is 7.80. The second-order valence-corrected chi connectivity index (χ2v) is 7.04. The largest absolute Gasteiger partial charge is 0.462 e. The lowest BCUT2D eigenvalue weighted by molar-refractivity contribution is 0.0526. The van der Waals surface area contributed by atoms with E-state index in [1.165, 1.54) is 25.7 Å². The van der Waals surface area contributed by atoms with Crippen molar-refractivity contribution in [1.29, 1.82) is 0 Å². The third-order valence-electron chi connectivity index (χ3n) is 5.05. The summed E-state index contributed by atoms with van der Waals surface area (Å²) >= 11 is 5.47. The van der Waals surface area contributed by atoms with E-state index >= 15 is 0 Å². The van der Waals surface area contributed by atoms with Gasteiger partial charge in [0, 0.05) is 11.7 Å². The molecule has 4 nitrogen and oxygen atoms in total. The van der Waals surface area contributed by atoms with E-state index in [0.29, 0.717) is 23.3 Å². The Morgan fingerprint density at radius 2 is 2.17 bits per heavy atom. The molecule has 2 aliphatic carbocycles. The van der Waals surface area contributed by atoms with Gasteiger partial charge in [0.2, 0.25) is 0 Å². The lowest BCUT2D eigenvalue weighted by Gasteiger charge is -2.25. The van der Waals surface area contributed by atoms with Crippen molar-refractivity contribution in [2.24, 2.45) is 11.8 Å². The van der Waals surface area contributed by atoms with Gasteiger partial charge in [0.05, 0.1) is 12.2 Å². The molecule has 5 heteroatoms. The van der Waals surface area contributed by atoms with Crippen molar-refractivity contribution in [3.63, 3.8) is 0 Å². The number of benzene rings is 1. The molecular weight excluding hydrogens is 308 g/mol. The average Bonchev–Trinajstić information content (AvgIpc) is 3.12. The summed E-state index contributed by atoms with van der Waals surface area (Å²) in [6, 6.07) is 6.00. The van der Waals surface area contributed by atoms with Crippen LogP contribution in [0.25, 0.3) is 0 Å². The molecular formula is C18H24N2O2S. The molecule has 0 amide bonds. The predicted octanol–water partition coefficient (Wildman–Crippen LogP) is 3.65. The fourth-order valence-corrected chi connectivity index (χ4v) is 4.11. The number of rotatable bonds is 4. The summed E-state index contributed by atoms with van der Waals surface area (Å²) in [5, 5.41) is 7.36. The molecule has 0 aromatic heterocycles. The highest BCUT2D eigenvalue weighted by atomic mass is 32.1. The number of hydrogen-bond acceptors (Lipinski definition) is 3. The molecule has 3 atom stereocenters. The number of nitrogens with one attached hydrogen (secondary N) is 2. The number of thiocarbonyl (C=S) groups is 1. The van der Waals surface area contributed by atoms with Crippen LogP contribution in [-0.4, -0.2) is 23.7 Å². The van der Waals surface area contributed by atoms with Crippen LogP contribution in [0.1, 0.15) is 48.5 Å². The molecule has 1 aromatic carbocycles. The molecule has 0 aliphatic heterocycles. The third-order valence-corrected chi connectivity index (χ3v) is 5.27. The standard InChI is InChI=1S/C18H24N2O2S/c1-3-22-17(21)14-6-4-11(2)15(10-14)19-18(23)20-16-9-12-5-7-13(16)8-12/h4,6,10,12-13,16H,3,5,7-9H2,1-2H3,(H2,19,20,23)/t12-,13-,16-/m0/s1. The van der Waals surface area contributed by atoms with E-state index < -0.39 is 0 Å². The van der Waals surface area contributed by atoms with Crippen LogP contribution < -0.4 is 10.6 Å². The molecule has 0 spiro atoms. The maximum Gasteiger partial charge on any atom is 0.338 e. The number of carbonyl (C=O) groups excluding carboxylic acids is 1. The Labute approximate surface area is 143 Å². The van der Waals surface area contributed by atoms with E-state index in [2.05, 4.69) is 10.6 Å². The summed E-state index contributed by atoms with van der Waals surface area (Å²) in [6.45, 7) is 4.18. The van der Waals surface area contributed by atoms with Crippen molar-refractivity contribution < 1.29 is 9.53 Å². The van der Waals surface area contributed by atoms with Gasteiger partial charge in [0.1, 0.15) is 0 Å².